The van der Waals surface area contributed by atoms with E-state index in [0.717, 1.165) is 22.3 Å². The molecule has 0 saturated carbocycles. The molecule has 0 radical (unpaired) electrons. The molecule has 1 atom stereocenters. The summed E-state index contributed by atoms with van der Waals surface area (Å²) in [5.74, 6) is 0.839. The van der Waals surface area contributed by atoms with Gasteiger partial charge in [0.15, 0.2) is 0 Å². The van der Waals surface area contributed by atoms with E-state index in [2.05, 4.69) is 39.8 Å². The summed E-state index contributed by atoms with van der Waals surface area (Å²) in [7, 11) is 0. The van der Waals surface area contributed by atoms with Crippen LogP contribution in [0.2, 0.25) is 0 Å². The van der Waals surface area contributed by atoms with Crippen LogP contribution in [-0.2, 0) is 0 Å². The lowest BCUT2D eigenvalue weighted by molar-refractivity contribution is 0.0287. The summed E-state index contributed by atoms with van der Waals surface area (Å²) >= 11 is 0. The fourth-order valence-electron chi connectivity index (χ4n) is 3.94. The summed E-state index contributed by atoms with van der Waals surface area (Å²) in [6.07, 6.45) is 3.65. The van der Waals surface area contributed by atoms with Gasteiger partial charge in [0.05, 0.1) is 6.10 Å². The molecule has 2 nitrogen and oxygen atoms in total. The third-order valence-electron chi connectivity index (χ3n) is 5.31. The number of aryl methyl sites for hydroxylation is 1. The number of phenols is 1. The van der Waals surface area contributed by atoms with Crippen molar-refractivity contribution in [3.8, 4) is 5.75 Å². The zero-order chi connectivity index (χ0) is 16.7. The highest BCUT2D eigenvalue weighted by atomic mass is 16.3. The van der Waals surface area contributed by atoms with E-state index in [1.165, 1.54) is 0 Å². The molecule has 2 heteroatoms. The molecule has 0 spiro atoms. The number of hydrogen-bond donors (Lipinski definition) is 2. The Labute approximate surface area is 134 Å². The van der Waals surface area contributed by atoms with E-state index in [1.807, 2.05) is 26.0 Å². The van der Waals surface area contributed by atoms with Crippen LogP contribution in [0.1, 0.15) is 45.7 Å². The maximum Gasteiger partial charge on any atom is 0.123 e. The third-order valence-corrected chi connectivity index (χ3v) is 5.31. The number of rotatable bonds is 3. The van der Waals surface area contributed by atoms with E-state index in [0.29, 0.717) is 11.8 Å². The van der Waals surface area contributed by atoms with Crippen molar-refractivity contribution in [2.75, 3.05) is 0 Å². The number of aliphatic hydroxyl groups excluding tert-OH is 1. The molecule has 0 saturated heterocycles. The van der Waals surface area contributed by atoms with Crippen molar-refractivity contribution in [3.63, 3.8) is 0 Å². The Hall–Kier alpha value is -1.54. The summed E-state index contributed by atoms with van der Waals surface area (Å²) in [5.41, 5.74) is 3.34. The molecule has 1 aliphatic rings. The Kier molecular flexibility index (Phi) is 4.53. The van der Waals surface area contributed by atoms with Gasteiger partial charge in [-0.25, -0.2) is 0 Å². The number of aromatic hydroxyl groups is 1. The molecule has 1 unspecified atom stereocenters. The van der Waals surface area contributed by atoms with Gasteiger partial charge in [-0.05, 0) is 48.5 Å². The fraction of sp³-hybridized carbons (Fsp3) is 0.500. The molecule has 0 amide bonds. The van der Waals surface area contributed by atoms with Gasteiger partial charge in [0.25, 0.3) is 0 Å². The highest BCUT2D eigenvalue weighted by molar-refractivity contribution is 5.81. The zero-order valence-electron chi connectivity index (χ0n) is 14.5. The molecular formula is C20H28O2. The monoisotopic (exact) mass is 300 g/mol. The van der Waals surface area contributed by atoms with Gasteiger partial charge in [0.2, 0.25) is 0 Å². The smallest absolute Gasteiger partial charge is 0.123 e. The minimum absolute atomic E-state index is 0.241. The highest BCUT2D eigenvalue weighted by Gasteiger charge is 2.46. The van der Waals surface area contributed by atoms with Crippen LogP contribution in [0.3, 0.4) is 0 Å². The Morgan fingerprint density at radius 2 is 1.64 bits per heavy atom. The van der Waals surface area contributed by atoms with Gasteiger partial charge in [0.1, 0.15) is 5.75 Å². The predicted molar refractivity (Wildman–Crippen MR) is 92.7 cm³/mol. The summed E-state index contributed by atoms with van der Waals surface area (Å²) in [4.78, 5) is 0. The fourth-order valence-corrected chi connectivity index (χ4v) is 3.94. The van der Waals surface area contributed by atoms with Crippen LogP contribution in [0.4, 0.5) is 0 Å². The van der Waals surface area contributed by atoms with E-state index in [1.54, 1.807) is 6.07 Å². The maximum absolute atomic E-state index is 11.3. The van der Waals surface area contributed by atoms with Crippen molar-refractivity contribution in [1.82, 2.24) is 0 Å². The van der Waals surface area contributed by atoms with E-state index in [-0.39, 0.29) is 11.2 Å². The first-order chi connectivity index (χ1) is 10.2. The molecule has 0 aromatic heterocycles. The van der Waals surface area contributed by atoms with E-state index < -0.39 is 6.10 Å². The van der Waals surface area contributed by atoms with Crippen molar-refractivity contribution >= 4 is 5.57 Å². The Bertz CT molecular complexity index is 592. The molecule has 2 N–H and O–H groups in total. The number of benzene rings is 1. The minimum atomic E-state index is -0.621. The summed E-state index contributed by atoms with van der Waals surface area (Å²) in [6.45, 7) is 12.6. The Balaban J connectivity index is 2.68. The Morgan fingerprint density at radius 3 is 2.14 bits per heavy atom. The molecule has 0 aliphatic heterocycles. The quantitative estimate of drug-likeness (QED) is 0.849. The van der Waals surface area contributed by atoms with E-state index in [4.69, 9.17) is 0 Å². The van der Waals surface area contributed by atoms with Crippen LogP contribution in [0.15, 0.2) is 35.9 Å². The summed E-state index contributed by atoms with van der Waals surface area (Å²) in [6, 6.07) is 5.51. The van der Waals surface area contributed by atoms with Crippen molar-refractivity contribution in [1.29, 1.82) is 0 Å². The van der Waals surface area contributed by atoms with Crippen LogP contribution in [-0.4, -0.2) is 16.3 Å². The number of hydrogen-bond acceptors (Lipinski definition) is 2. The van der Waals surface area contributed by atoms with E-state index in [9.17, 15) is 10.2 Å². The van der Waals surface area contributed by atoms with Gasteiger partial charge < -0.3 is 10.2 Å². The maximum atomic E-state index is 11.3. The molecule has 1 aromatic rings. The summed E-state index contributed by atoms with van der Waals surface area (Å²) in [5, 5.41) is 21.6. The van der Waals surface area contributed by atoms with Crippen molar-refractivity contribution < 1.29 is 10.2 Å². The molecule has 1 aliphatic carbocycles. The number of phenolic OH excluding ortho intramolecular Hbond substituents is 1. The minimum Gasteiger partial charge on any atom is -0.507 e. The lowest BCUT2D eigenvalue weighted by atomic mass is 9.60. The van der Waals surface area contributed by atoms with Gasteiger partial charge in [-0.3, -0.25) is 0 Å². The van der Waals surface area contributed by atoms with Crippen molar-refractivity contribution in [2.45, 2.75) is 47.6 Å². The predicted octanol–water partition coefficient (Wildman–Crippen LogP) is 4.70. The first-order valence-electron chi connectivity index (χ1n) is 8.10. The molecule has 0 fully saturated rings. The van der Waals surface area contributed by atoms with Crippen LogP contribution in [0.5, 0.6) is 5.75 Å². The number of allylic oxidation sites excluding steroid dienone is 2. The topological polar surface area (TPSA) is 40.5 Å². The first kappa shape index (κ1) is 16.8. The lowest BCUT2D eigenvalue weighted by Gasteiger charge is -2.46. The normalized spacial score (nSPS) is 21.0. The average Bonchev–Trinajstić information content (AvgIpc) is 2.41. The molecule has 22 heavy (non-hydrogen) atoms. The second-order valence-electron chi connectivity index (χ2n) is 7.11. The standard InChI is InChI=1S/C20H28O2/c1-12(2)20(13(3)4)11-10-15(6)18(19(20)22)17-14(5)8-7-9-16(17)21/h7-13,19,21-22H,1-6H3. The third kappa shape index (κ3) is 2.40. The van der Waals surface area contributed by atoms with Gasteiger partial charge in [-0.15, -0.1) is 0 Å². The van der Waals surface area contributed by atoms with Gasteiger partial charge >= 0.3 is 0 Å². The van der Waals surface area contributed by atoms with Crippen LogP contribution in [0.25, 0.3) is 5.57 Å². The molecule has 120 valence electrons. The Morgan fingerprint density at radius 1 is 1.05 bits per heavy atom. The zero-order valence-corrected chi connectivity index (χ0v) is 14.5. The molecule has 0 bridgehead atoms. The van der Waals surface area contributed by atoms with Gasteiger partial charge in [-0.1, -0.05) is 52.0 Å². The molecule has 1 aromatic carbocycles. The van der Waals surface area contributed by atoms with Gasteiger partial charge in [0, 0.05) is 11.0 Å². The summed E-state index contributed by atoms with van der Waals surface area (Å²) < 4.78 is 0. The largest absolute Gasteiger partial charge is 0.507 e. The molecule has 2 rings (SSSR count). The lowest BCUT2D eigenvalue weighted by Crippen LogP contribution is -2.45. The van der Waals surface area contributed by atoms with Crippen molar-refractivity contribution in [3.05, 3.63) is 47.1 Å². The van der Waals surface area contributed by atoms with E-state index >= 15 is 0 Å². The second kappa shape index (κ2) is 5.92. The molecule has 0 heterocycles. The first-order valence-corrected chi connectivity index (χ1v) is 8.10. The number of aliphatic hydroxyl groups is 1. The van der Waals surface area contributed by atoms with Crippen LogP contribution in [0, 0.1) is 24.2 Å². The SMILES string of the molecule is CC1=C(c2c(C)cccc2O)C(O)C(C(C)C)(C(C)C)C=C1. The van der Waals surface area contributed by atoms with Gasteiger partial charge in [-0.2, -0.15) is 0 Å². The highest BCUT2D eigenvalue weighted by Crippen LogP contribution is 2.50. The average molecular weight is 300 g/mol. The van der Waals surface area contributed by atoms with Crippen molar-refractivity contribution in [2.24, 2.45) is 17.3 Å². The molecular weight excluding hydrogens is 272 g/mol. The van der Waals surface area contributed by atoms with Crippen LogP contribution >= 0.6 is 0 Å². The van der Waals surface area contributed by atoms with Crippen LogP contribution < -0.4 is 0 Å². The second-order valence-corrected chi connectivity index (χ2v) is 7.11.